The van der Waals surface area contributed by atoms with E-state index in [1.165, 1.54) is 30.2 Å². The van der Waals surface area contributed by atoms with Crippen LogP contribution in [0.1, 0.15) is 16.9 Å². The van der Waals surface area contributed by atoms with E-state index in [0.29, 0.717) is 55.9 Å². The fraction of sp³-hybridized carbons (Fsp3) is 0.192. The van der Waals surface area contributed by atoms with Crippen molar-refractivity contribution >= 4 is 80.8 Å². The molecule has 1 aliphatic rings. The number of thiocarbonyl (C=S) groups is 1. The molecule has 0 radical (unpaired) electrons. The summed E-state index contributed by atoms with van der Waals surface area (Å²) < 4.78 is 11.6. The Morgan fingerprint density at radius 2 is 1.97 bits per heavy atom. The molecule has 1 amide bonds. The summed E-state index contributed by atoms with van der Waals surface area (Å²) in [7, 11) is 1.52. The first-order valence-corrected chi connectivity index (χ1v) is 13.9. The molecule has 2 aromatic carbocycles. The first-order valence-electron chi connectivity index (χ1n) is 11.1. The van der Waals surface area contributed by atoms with Gasteiger partial charge in [-0.2, -0.15) is 0 Å². The number of thioether (sulfide) groups is 1. The normalized spacial score (nSPS) is 14.5. The zero-order valence-corrected chi connectivity index (χ0v) is 23.5. The van der Waals surface area contributed by atoms with Crippen molar-refractivity contribution in [1.29, 1.82) is 0 Å². The number of carboxylic acids is 1. The summed E-state index contributed by atoms with van der Waals surface area (Å²) in [4.78, 5) is 27.0. The molecular weight excluding hydrogens is 573 g/mol. The number of carbonyl (C=O) groups is 2. The van der Waals surface area contributed by atoms with Crippen LogP contribution < -0.4 is 9.47 Å². The lowest BCUT2D eigenvalue weighted by Gasteiger charge is -2.16. The number of halogens is 2. The number of amides is 1. The van der Waals surface area contributed by atoms with Gasteiger partial charge in [-0.1, -0.05) is 59.3 Å². The quantitative estimate of drug-likeness (QED) is 0.154. The number of hydrogen-bond donors (Lipinski definition) is 1. The maximum Gasteiger partial charge on any atom is 0.307 e. The summed E-state index contributed by atoms with van der Waals surface area (Å²) in [5.41, 5.74) is 2.44. The van der Waals surface area contributed by atoms with Gasteiger partial charge in [-0.05, 0) is 59.3 Å². The Kier molecular flexibility index (Phi) is 9.15. The summed E-state index contributed by atoms with van der Waals surface area (Å²) in [6.45, 7) is 0.703. The van der Waals surface area contributed by atoms with Crippen molar-refractivity contribution in [1.82, 2.24) is 4.90 Å². The van der Waals surface area contributed by atoms with Crippen LogP contribution in [0, 0.1) is 0 Å². The molecule has 1 fully saturated rings. The number of hydrogen-bond acceptors (Lipinski definition) is 7. The molecule has 1 N–H and O–H groups in total. The molecule has 11 heteroatoms. The van der Waals surface area contributed by atoms with Crippen LogP contribution >= 0.6 is 58.5 Å². The molecule has 0 atom stereocenters. The zero-order valence-electron chi connectivity index (χ0n) is 19.5. The van der Waals surface area contributed by atoms with Crippen LogP contribution in [-0.4, -0.2) is 46.5 Å². The van der Waals surface area contributed by atoms with E-state index in [4.69, 9.17) is 50.0 Å². The third-order valence-corrected chi connectivity index (χ3v) is 8.18. The standard InChI is InChI=1S/C26H21Cl2NO5S3/c1-33-21-6-3-15(10-24(30)31)9-22(21)34-8-2-7-29-25(32)23(37-26(29)35)13-18-11-16(14-36-18)19-5-4-17(27)12-20(19)28/h3-6,9,11-14H,2,7-8,10H2,1H3,(H,30,31)/b23-13-. The maximum atomic E-state index is 13.0. The van der Waals surface area contributed by atoms with Gasteiger partial charge in [0.15, 0.2) is 11.5 Å². The number of carboxylic acid groups (broad SMARTS) is 1. The minimum absolute atomic E-state index is 0.109. The predicted molar refractivity (Wildman–Crippen MR) is 154 cm³/mol. The Hall–Kier alpha value is -2.56. The van der Waals surface area contributed by atoms with Crippen molar-refractivity contribution < 1.29 is 24.2 Å². The number of ether oxygens (including phenoxy) is 2. The van der Waals surface area contributed by atoms with Crippen molar-refractivity contribution in [3.63, 3.8) is 0 Å². The fourth-order valence-corrected chi connectivity index (χ4v) is 6.37. The van der Waals surface area contributed by atoms with Gasteiger partial charge >= 0.3 is 5.97 Å². The minimum Gasteiger partial charge on any atom is -0.493 e. The molecule has 3 aromatic rings. The summed E-state index contributed by atoms with van der Waals surface area (Å²) in [6, 6.07) is 12.4. The Morgan fingerprint density at radius 3 is 2.70 bits per heavy atom. The minimum atomic E-state index is -0.925. The van der Waals surface area contributed by atoms with Crippen LogP contribution in [0.3, 0.4) is 0 Å². The molecule has 6 nitrogen and oxygen atoms in total. The second kappa shape index (κ2) is 12.3. The highest BCUT2D eigenvalue weighted by Crippen LogP contribution is 2.37. The third kappa shape index (κ3) is 6.86. The lowest BCUT2D eigenvalue weighted by Crippen LogP contribution is -2.29. The molecule has 2 heterocycles. The lowest BCUT2D eigenvalue weighted by atomic mass is 10.1. The molecule has 1 aromatic heterocycles. The van der Waals surface area contributed by atoms with Gasteiger partial charge in [-0.15, -0.1) is 11.3 Å². The predicted octanol–water partition coefficient (Wildman–Crippen LogP) is 7.03. The molecule has 0 saturated carbocycles. The van der Waals surface area contributed by atoms with Gasteiger partial charge in [0.05, 0.1) is 25.0 Å². The van der Waals surface area contributed by atoms with E-state index in [-0.39, 0.29) is 12.3 Å². The first-order chi connectivity index (χ1) is 17.7. The monoisotopic (exact) mass is 593 g/mol. The summed E-state index contributed by atoms with van der Waals surface area (Å²) in [6.07, 6.45) is 2.26. The Morgan fingerprint density at radius 1 is 1.16 bits per heavy atom. The highest BCUT2D eigenvalue weighted by Gasteiger charge is 2.31. The van der Waals surface area contributed by atoms with Crippen LogP contribution in [0.25, 0.3) is 17.2 Å². The van der Waals surface area contributed by atoms with Gasteiger partial charge in [0.2, 0.25) is 0 Å². The van der Waals surface area contributed by atoms with Crippen molar-refractivity contribution in [2.45, 2.75) is 12.8 Å². The van der Waals surface area contributed by atoms with Crippen LogP contribution in [0.5, 0.6) is 11.5 Å². The van der Waals surface area contributed by atoms with Crippen molar-refractivity contribution in [3.05, 3.63) is 73.2 Å². The molecule has 1 aliphatic heterocycles. The number of methoxy groups -OCH3 is 1. The van der Waals surface area contributed by atoms with E-state index in [1.54, 1.807) is 35.2 Å². The average Bonchev–Trinajstić information content (AvgIpc) is 3.41. The summed E-state index contributed by atoms with van der Waals surface area (Å²) in [5.74, 6) is -0.0969. The van der Waals surface area contributed by atoms with Crippen LogP contribution in [-0.2, 0) is 16.0 Å². The van der Waals surface area contributed by atoms with Crippen molar-refractivity contribution in [2.75, 3.05) is 20.3 Å². The highest BCUT2D eigenvalue weighted by molar-refractivity contribution is 8.26. The molecule has 1 saturated heterocycles. The number of benzene rings is 2. The highest BCUT2D eigenvalue weighted by atomic mass is 35.5. The van der Waals surface area contributed by atoms with E-state index in [2.05, 4.69) is 0 Å². The fourth-order valence-electron chi connectivity index (χ4n) is 3.64. The largest absolute Gasteiger partial charge is 0.493 e. The third-order valence-electron chi connectivity index (χ3n) is 5.38. The topological polar surface area (TPSA) is 76.1 Å². The average molecular weight is 595 g/mol. The Bertz CT molecular complexity index is 1390. The van der Waals surface area contributed by atoms with Crippen molar-refractivity contribution in [3.8, 4) is 22.6 Å². The number of thiophene rings is 1. The second-order valence-electron chi connectivity index (χ2n) is 7.95. The molecule has 0 spiro atoms. The molecule has 0 unspecified atom stereocenters. The molecule has 4 rings (SSSR count). The molecule has 0 aliphatic carbocycles. The van der Waals surface area contributed by atoms with E-state index < -0.39 is 5.97 Å². The van der Waals surface area contributed by atoms with E-state index >= 15 is 0 Å². The SMILES string of the molecule is COc1ccc(CC(=O)O)cc1OCCCN1C(=O)/C(=C/c2cc(-c3ccc(Cl)cc3Cl)cs2)SC1=S. The van der Waals surface area contributed by atoms with Crippen LogP contribution in [0.2, 0.25) is 10.0 Å². The summed E-state index contributed by atoms with van der Waals surface area (Å²) in [5, 5.41) is 12.1. The molecule has 192 valence electrons. The first kappa shape index (κ1) is 27.5. The zero-order chi connectivity index (χ0) is 26.5. The van der Waals surface area contributed by atoms with E-state index in [1.807, 2.05) is 23.6 Å². The van der Waals surface area contributed by atoms with Gasteiger partial charge in [-0.3, -0.25) is 14.5 Å². The van der Waals surface area contributed by atoms with E-state index in [9.17, 15) is 9.59 Å². The molecular formula is C26H21Cl2NO5S3. The molecule has 0 bridgehead atoms. The van der Waals surface area contributed by atoms with Gasteiger partial charge in [-0.25, -0.2) is 0 Å². The second-order valence-corrected chi connectivity index (χ2v) is 11.4. The number of nitrogens with zero attached hydrogens (tertiary/aromatic N) is 1. The maximum absolute atomic E-state index is 13.0. The smallest absolute Gasteiger partial charge is 0.307 e. The van der Waals surface area contributed by atoms with Gasteiger partial charge in [0.1, 0.15) is 4.32 Å². The Balaban J connectivity index is 1.36. The van der Waals surface area contributed by atoms with Gasteiger partial charge in [0.25, 0.3) is 5.91 Å². The van der Waals surface area contributed by atoms with E-state index in [0.717, 1.165) is 16.0 Å². The van der Waals surface area contributed by atoms with Crippen LogP contribution in [0.15, 0.2) is 52.7 Å². The summed E-state index contributed by atoms with van der Waals surface area (Å²) >= 11 is 20.6. The number of rotatable bonds is 10. The van der Waals surface area contributed by atoms with Crippen molar-refractivity contribution in [2.24, 2.45) is 0 Å². The number of carbonyl (C=O) groups excluding carboxylic acids is 1. The van der Waals surface area contributed by atoms with Crippen LogP contribution in [0.4, 0.5) is 0 Å². The van der Waals surface area contributed by atoms with Gasteiger partial charge < -0.3 is 14.6 Å². The lowest BCUT2D eigenvalue weighted by molar-refractivity contribution is -0.136. The number of aliphatic carboxylic acids is 1. The Labute approximate surface area is 237 Å². The molecule has 37 heavy (non-hydrogen) atoms. The van der Waals surface area contributed by atoms with Gasteiger partial charge in [0, 0.05) is 27.0 Å².